The van der Waals surface area contributed by atoms with E-state index in [0.29, 0.717) is 0 Å². The molecule has 0 amide bonds. The fourth-order valence-electron chi connectivity index (χ4n) is 1.81. The quantitative estimate of drug-likeness (QED) is 0.524. The van der Waals surface area contributed by atoms with Gasteiger partial charge in [0.1, 0.15) is 0 Å². The molecule has 0 aliphatic heterocycles. The van der Waals surface area contributed by atoms with Crippen LogP contribution in [0, 0.1) is 6.92 Å². The molecule has 1 rings (SSSR count). The molecule has 0 heteroatoms. The van der Waals surface area contributed by atoms with Crippen LogP contribution in [0.5, 0.6) is 0 Å². The molecule has 0 saturated carbocycles. The summed E-state index contributed by atoms with van der Waals surface area (Å²) in [5, 5.41) is 0. The third-order valence-electron chi connectivity index (χ3n) is 2.71. The normalized spacial score (nSPS) is 9.25. The molecule has 1 unspecified atom stereocenters. The van der Waals surface area contributed by atoms with Crippen molar-refractivity contribution in [2.45, 2.75) is 94.9 Å². The van der Waals surface area contributed by atoms with Crippen LogP contribution >= 0.6 is 0 Å². The van der Waals surface area contributed by atoms with Crippen molar-refractivity contribution in [3.8, 4) is 0 Å². The highest BCUT2D eigenvalue weighted by Crippen LogP contribution is 2.23. The Morgan fingerprint density at radius 1 is 0.900 bits per heavy atom. The third-order valence-corrected chi connectivity index (χ3v) is 2.71. The molecule has 0 aromatic heterocycles. The van der Waals surface area contributed by atoms with Crippen molar-refractivity contribution in [2.24, 2.45) is 0 Å². The van der Waals surface area contributed by atoms with E-state index in [0.717, 1.165) is 5.92 Å². The highest BCUT2D eigenvalue weighted by molar-refractivity contribution is 5.28. The van der Waals surface area contributed by atoms with Gasteiger partial charge in [-0.1, -0.05) is 99.9 Å². The van der Waals surface area contributed by atoms with E-state index in [1.54, 1.807) is 0 Å². The summed E-state index contributed by atoms with van der Waals surface area (Å²) in [6, 6.07) is 8.73. The smallest absolute Gasteiger partial charge is 0.0188 e. The Hall–Kier alpha value is -0.780. The maximum absolute atomic E-state index is 2.33. The van der Waals surface area contributed by atoms with Crippen molar-refractivity contribution in [3.63, 3.8) is 0 Å². The maximum atomic E-state index is 2.33. The fraction of sp³-hybridized carbons (Fsp3) is 0.700. The molecule has 0 aliphatic rings. The summed E-state index contributed by atoms with van der Waals surface area (Å²) in [5.41, 5.74) is 2.96. The van der Waals surface area contributed by atoms with Crippen LogP contribution in [0.25, 0.3) is 0 Å². The second-order valence-electron chi connectivity index (χ2n) is 3.90. The Bertz CT molecular complexity index is 250. The zero-order chi connectivity index (χ0) is 15.7. The first-order chi connectivity index (χ1) is 9.25. The first kappa shape index (κ1) is 27.5. The molecule has 0 nitrogen and oxygen atoms in total. The van der Waals surface area contributed by atoms with Crippen LogP contribution in [0.1, 0.15) is 99.1 Å². The molecule has 1 aromatic carbocycles. The second-order valence-corrected chi connectivity index (χ2v) is 3.90. The van der Waals surface area contributed by atoms with Crippen LogP contribution < -0.4 is 0 Å². The SMILES string of the molecule is C.CC.CC.CC.CCCCC(C)c1ccccc1C. The van der Waals surface area contributed by atoms with Gasteiger partial charge in [-0.05, 0) is 30.4 Å². The van der Waals surface area contributed by atoms with E-state index in [9.17, 15) is 0 Å². The van der Waals surface area contributed by atoms with Gasteiger partial charge in [-0.3, -0.25) is 0 Å². The number of hydrogen-bond acceptors (Lipinski definition) is 0. The summed E-state index contributed by atoms with van der Waals surface area (Å²) < 4.78 is 0. The van der Waals surface area contributed by atoms with E-state index in [4.69, 9.17) is 0 Å². The van der Waals surface area contributed by atoms with Gasteiger partial charge < -0.3 is 0 Å². The molecule has 0 fully saturated rings. The topological polar surface area (TPSA) is 0 Å². The molecule has 1 aromatic rings. The van der Waals surface area contributed by atoms with Crippen molar-refractivity contribution in [1.82, 2.24) is 0 Å². The zero-order valence-corrected chi connectivity index (χ0v) is 15.0. The van der Waals surface area contributed by atoms with Gasteiger partial charge in [-0.15, -0.1) is 0 Å². The van der Waals surface area contributed by atoms with Gasteiger partial charge in [-0.2, -0.15) is 0 Å². The molecule has 0 bridgehead atoms. The summed E-state index contributed by atoms with van der Waals surface area (Å²) in [6.45, 7) is 18.8. The Morgan fingerprint density at radius 3 is 1.75 bits per heavy atom. The van der Waals surface area contributed by atoms with Gasteiger partial charge in [0.2, 0.25) is 0 Å². The van der Waals surface area contributed by atoms with Crippen molar-refractivity contribution < 1.29 is 0 Å². The monoisotopic (exact) mass is 282 g/mol. The standard InChI is InChI=1S/C13H20.3C2H6.CH4/c1-4-5-8-11(2)13-10-7-6-9-12(13)3;3*1-2;/h6-7,9-11H,4-5,8H2,1-3H3;3*1-2H3;1H4. The molecule has 0 heterocycles. The minimum Gasteiger partial charge on any atom is -0.0776 e. The van der Waals surface area contributed by atoms with Gasteiger partial charge in [0.05, 0.1) is 0 Å². The molecule has 0 spiro atoms. The number of hydrogen-bond donors (Lipinski definition) is 0. The molecule has 20 heavy (non-hydrogen) atoms. The van der Waals surface area contributed by atoms with Gasteiger partial charge in [0.25, 0.3) is 0 Å². The Balaban J connectivity index is -0.000000162. The first-order valence-electron chi connectivity index (χ1n) is 8.31. The van der Waals surface area contributed by atoms with Crippen molar-refractivity contribution in [3.05, 3.63) is 35.4 Å². The number of benzene rings is 1. The van der Waals surface area contributed by atoms with Crippen molar-refractivity contribution in [1.29, 1.82) is 0 Å². The highest BCUT2D eigenvalue weighted by Gasteiger charge is 2.06. The van der Waals surface area contributed by atoms with E-state index in [-0.39, 0.29) is 7.43 Å². The third kappa shape index (κ3) is 13.6. The zero-order valence-electron chi connectivity index (χ0n) is 15.0. The van der Waals surface area contributed by atoms with E-state index < -0.39 is 0 Å². The number of rotatable bonds is 4. The Kier molecular flexibility index (Phi) is 32.1. The van der Waals surface area contributed by atoms with Crippen LogP contribution in [-0.4, -0.2) is 0 Å². The van der Waals surface area contributed by atoms with Gasteiger partial charge in [0.15, 0.2) is 0 Å². The predicted octanol–water partition coefficient (Wildman–Crippen LogP) is 8.00. The van der Waals surface area contributed by atoms with E-state index >= 15 is 0 Å². The van der Waals surface area contributed by atoms with Crippen LogP contribution in [0.3, 0.4) is 0 Å². The minimum absolute atomic E-state index is 0. The summed E-state index contributed by atoms with van der Waals surface area (Å²) in [6.07, 6.45) is 3.97. The van der Waals surface area contributed by atoms with E-state index in [2.05, 4.69) is 45.0 Å². The lowest BCUT2D eigenvalue weighted by Gasteiger charge is -2.13. The van der Waals surface area contributed by atoms with Gasteiger partial charge in [0, 0.05) is 0 Å². The molecule has 0 radical (unpaired) electrons. The van der Waals surface area contributed by atoms with Crippen LogP contribution in [0.2, 0.25) is 0 Å². The Labute approximate surface area is 131 Å². The van der Waals surface area contributed by atoms with Crippen LogP contribution in [0.15, 0.2) is 24.3 Å². The molecule has 0 saturated heterocycles. The fourth-order valence-corrected chi connectivity index (χ4v) is 1.81. The largest absolute Gasteiger partial charge is 0.0776 e. The van der Waals surface area contributed by atoms with Gasteiger partial charge >= 0.3 is 0 Å². The maximum Gasteiger partial charge on any atom is -0.0188 e. The van der Waals surface area contributed by atoms with Crippen molar-refractivity contribution in [2.75, 3.05) is 0 Å². The molecular weight excluding hydrogens is 240 g/mol. The summed E-state index contributed by atoms with van der Waals surface area (Å²) in [4.78, 5) is 0. The minimum atomic E-state index is 0. The van der Waals surface area contributed by atoms with Gasteiger partial charge in [-0.25, -0.2) is 0 Å². The molecule has 122 valence electrons. The van der Waals surface area contributed by atoms with Crippen molar-refractivity contribution >= 4 is 0 Å². The number of aryl methyl sites for hydroxylation is 1. The lowest BCUT2D eigenvalue weighted by atomic mass is 9.92. The summed E-state index contributed by atoms with van der Waals surface area (Å²) >= 11 is 0. The average molecular weight is 283 g/mol. The van der Waals surface area contributed by atoms with E-state index in [1.165, 1.54) is 30.4 Å². The highest BCUT2D eigenvalue weighted by atomic mass is 14.1. The Morgan fingerprint density at radius 2 is 1.35 bits per heavy atom. The summed E-state index contributed by atoms with van der Waals surface area (Å²) in [7, 11) is 0. The first-order valence-corrected chi connectivity index (χ1v) is 8.31. The number of unbranched alkanes of at least 4 members (excludes halogenated alkanes) is 1. The van der Waals surface area contributed by atoms with Crippen LogP contribution in [0.4, 0.5) is 0 Å². The molecular formula is C20H42. The molecule has 0 N–H and O–H groups in total. The summed E-state index contributed by atoms with van der Waals surface area (Å²) in [5.74, 6) is 0.723. The predicted molar refractivity (Wildman–Crippen MR) is 99.9 cm³/mol. The van der Waals surface area contributed by atoms with Crippen LogP contribution in [-0.2, 0) is 0 Å². The second kappa shape index (κ2) is 23.3. The molecule has 1 atom stereocenters. The lowest BCUT2D eigenvalue weighted by Crippen LogP contribution is -1.95. The lowest BCUT2D eigenvalue weighted by molar-refractivity contribution is 0.622. The van der Waals surface area contributed by atoms with E-state index in [1.807, 2.05) is 41.5 Å². The molecule has 0 aliphatic carbocycles. The average Bonchev–Trinajstić information content (AvgIpc) is 2.51.